The summed E-state index contributed by atoms with van der Waals surface area (Å²) in [7, 11) is 4.32. The summed E-state index contributed by atoms with van der Waals surface area (Å²) in [5, 5.41) is 3.56. The molecule has 0 aromatic rings. The molecule has 3 heteroatoms. The van der Waals surface area contributed by atoms with Crippen LogP contribution in [0.4, 0.5) is 0 Å². The second-order valence-electron chi connectivity index (χ2n) is 6.14. The van der Waals surface area contributed by atoms with Gasteiger partial charge in [-0.25, -0.2) is 0 Å². The van der Waals surface area contributed by atoms with Crippen molar-refractivity contribution < 1.29 is 0 Å². The minimum absolute atomic E-state index is 0.788. The van der Waals surface area contributed by atoms with Gasteiger partial charge in [-0.2, -0.15) is 0 Å². The predicted molar refractivity (Wildman–Crippen MR) is 75.4 cm³/mol. The van der Waals surface area contributed by atoms with Crippen molar-refractivity contribution in [3.63, 3.8) is 0 Å². The number of nitrogens with one attached hydrogen (secondary N) is 1. The topological polar surface area (TPSA) is 18.5 Å². The Morgan fingerprint density at radius 3 is 2.18 bits per heavy atom. The van der Waals surface area contributed by atoms with E-state index < -0.39 is 0 Å². The molecule has 1 N–H and O–H groups in total. The van der Waals surface area contributed by atoms with Crippen LogP contribution in [0.3, 0.4) is 0 Å². The molecule has 0 bridgehead atoms. The summed E-state index contributed by atoms with van der Waals surface area (Å²) in [6.45, 7) is 12.1. The van der Waals surface area contributed by atoms with Crippen LogP contribution >= 0.6 is 0 Å². The van der Waals surface area contributed by atoms with Gasteiger partial charge in [-0.15, -0.1) is 0 Å². The van der Waals surface area contributed by atoms with Gasteiger partial charge in [0.15, 0.2) is 0 Å². The minimum atomic E-state index is 0.788. The third-order valence-electron chi connectivity index (χ3n) is 3.46. The zero-order valence-electron chi connectivity index (χ0n) is 12.2. The van der Waals surface area contributed by atoms with E-state index in [0.29, 0.717) is 0 Å². The lowest BCUT2D eigenvalue weighted by Gasteiger charge is -2.31. The maximum Gasteiger partial charge on any atom is 0.00193 e. The molecule has 0 radical (unpaired) electrons. The summed E-state index contributed by atoms with van der Waals surface area (Å²) in [5.74, 6) is 1.58. The number of rotatable bonds is 5. The number of unbranched alkanes of at least 4 members (excludes halogenated alkanes) is 1. The quantitative estimate of drug-likeness (QED) is 0.736. The van der Waals surface area contributed by atoms with Crippen LogP contribution in [0.15, 0.2) is 0 Å². The van der Waals surface area contributed by atoms with Gasteiger partial charge in [-0.1, -0.05) is 13.8 Å². The van der Waals surface area contributed by atoms with Gasteiger partial charge < -0.3 is 15.1 Å². The fourth-order valence-electron chi connectivity index (χ4n) is 2.61. The molecule has 0 aromatic heterocycles. The molecule has 3 nitrogen and oxygen atoms in total. The van der Waals surface area contributed by atoms with Crippen molar-refractivity contribution in [1.29, 1.82) is 0 Å². The van der Waals surface area contributed by atoms with E-state index in [-0.39, 0.29) is 0 Å². The molecule has 2 unspecified atom stereocenters. The molecule has 0 saturated carbocycles. The van der Waals surface area contributed by atoms with Crippen molar-refractivity contribution in [2.75, 3.05) is 53.4 Å². The fraction of sp³-hybridized carbons (Fsp3) is 1.00. The highest BCUT2D eigenvalue weighted by molar-refractivity contribution is 4.73. The lowest BCUT2D eigenvalue weighted by atomic mass is 10.1. The van der Waals surface area contributed by atoms with E-state index in [1.807, 2.05) is 0 Å². The van der Waals surface area contributed by atoms with E-state index in [0.717, 1.165) is 11.8 Å². The van der Waals surface area contributed by atoms with Gasteiger partial charge >= 0.3 is 0 Å². The Morgan fingerprint density at radius 1 is 1.06 bits per heavy atom. The monoisotopic (exact) mass is 241 g/mol. The van der Waals surface area contributed by atoms with Crippen LogP contribution in [0.1, 0.15) is 26.7 Å². The Morgan fingerprint density at radius 2 is 1.65 bits per heavy atom. The van der Waals surface area contributed by atoms with Crippen molar-refractivity contribution in [2.45, 2.75) is 26.7 Å². The summed E-state index contributed by atoms with van der Waals surface area (Å²) in [4.78, 5) is 4.95. The molecule has 0 aromatic carbocycles. The van der Waals surface area contributed by atoms with Crippen LogP contribution in [-0.2, 0) is 0 Å². The highest BCUT2D eigenvalue weighted by Gasteiger charge is 2.16. The minimum Gasteiger partial charge on any atom is -0.316 e. The summed E-state index contributed by atoms with van der Waals surface area (Å²) in [6, 6.07) is 0. The van der Waals surface area contributed by atoms with Crippen LogP contribution < -0.4 is 5.32 Å². The Kier molecular flexibility index (Phi) is 7.09. The van der Waals surface area contributed by atoms with Gasteiger partial charge in [0.2, 0.25) is 0 Å². The SMILES string of the molecule is CC1CNCC(C)CN(CCCCN(C)C)C1. The smallest absolute Gasteiger partial charge is 0.00193 e. The lowest BCUT2D eigenvalue weighted by molar-refractivity contribution is 0.181. The molecule has 17 heavy (non-hydrogen) atoms. The molecule has 2 atom stereocenters. The summed E-state index contributed by atoms with van der Waals surface area (Å²) in [5.41, 5.74) is 0. The van der Waals surface area contributed by atoms with Gasteiger partial charge in [0.25, 0.3) is 0 Å². The van der Waals surface area contributed by atoms with Crippen LogP contribution in [0.25, 0.3) is 0 Å². The van der Waals surface area contributed by atoms with Crippen molar-refractivity contribution in [3.05, 3.63) is 0 Å². The lowest BCUT2D eigenvalue weighted by Crippen LogP contribution is -2.43. The summed E-state index contributed by atoms with van der Waals surface area (Å²) < 4.78 is 0. The van der Waals surface area contributed by atoms with E-state index in [9.17, 15) is 0 Å². The van der Waals surface area contributed by atoms with E-state index >= 15 is 0 Å². The average molecular weight is 241 g/mol. The Hall–Kier alpha value is -0.120. The van der Waals surface area contributed by atoms with Crippen molar-refractivity contribution in [2.24, 2.45) is 11.8 Å². The van der Waals surface area contributed by atoms with Crippen molar-refractivity contribution in [1.82, 2.24) is 15.1 Å². The van der Waals surface area contributed by atoms with Gasteiger partial charge in [0.05, 0.1) is 0 Å². The van der Waals surface area contributed by atoms with Crippen LogP contribution in [-0.4, -0.2) is 63.2 Å². The van der Waals surface area contributed by atoms with Gasteiger partial charge in [-0.05, 0) is 65.0 Å². The Labute approximate surface area is 108 Å². The second-order valence-corrected chi connectivity index (χ2v) is 6.14. The zero-order valence-corrected chi connectivity index (χ0v) is 12.2. The molecular weight excluding hydrogens is 210 g/mol. The number of nitrogens with zero attached hydrogens (tertiary/aromatic N) is 2. The summed E-state index contributed by atoms with van der Waals surface area (Å²) in [6.07, 6.45) is 2.66. The van der Waals surface area contributed by atoms with Crippen LogP contribution in [0.2, 0.25) is 0 Å². The van der Waals surface area contributed by atoms with Crippen molar-refractivity contribution >= 4 is 0 Å². The van der Waals surface area contributed by atoms with E-state index in [1.54, 1.807) is 0 Å². The number of hydrogen-bond acceptors (Lipinski definition) is 3. The standard InChI is InChI=1S/C14H31N3/c1-13-9-15-10-14(2)12-17(11-13)8-6-5-7-16(3)4/h13-15H,5-12H2,1-4H3. The predicted octanol–water partition coefficient (Wildman–Crippen LogP) is 1.51. The highest BCUT2D eigenvalue weighted by Crippen LogP contribution is 2.08. The molecule has 1 fully saturated rings. The van der Waals surface area contributed by atoms with Gasteiger partial charge in [0.1, 0.15) is 0 Å². The zero-order chi connectivity index (χ0) is 12.7. The largest absolute Gasteiger partial charge is 0.316 e. The van der Waals surface area contributed by atoms with E-state index in [4.69, 9.17) is 0 Å². The summed E-state index contributed by atoms with van der Waals surface area (Å²) >= 11 is 0. The van der Waals surface area contributed by atoms with Gasteiger partial charge in [-0.3, -0.25) is 0 Å². The first-order valence-electron chi connectivity index (χ1n) is 7.15. The molecule has 102 valence electrons. The van der Waals surface area contributed by atoms with Crippen LogP contribution in [0, 0.1) is 11.8 Å². The molecular formula is C14H31N3. The highest BCUT2D eigenvalue weighted by atomic mass is 15.1. The first-order valence-corrected chi connectivity index (χ1v) is 7.15. The van der Waals surface area contributed by atoms with Crippen molar-refractivity contribution in [3.8, 4) is 0 Å². The van der Waals surface area contributed by atoms with E-state index in [2.05, 4.69) is 43.1 Å². The third-order valence-corrected chi connectivity index (χ3v) is 3.46. The number of hydrogen-bond donors (Lipinski definition) is 1. The normalized spacial score (nSPS) is 28.1. The first kappa shape index (κ1) is 14.9. The Bertz CT molecular complexity index is 182. The maximum atomic E-state index is 3.56. The molecule has 1 aliphatic heterocycles. The molecule has 0 aliphatic carbocycles. The molecule has 0 spiro atoms. The maximum absolute atomic E-state index is 3.56. The second kappa shape index (κ2) is 8.06. The molecule has 1 aliphatic rings. The molecule has 1 saturated heterocycles. The molecule has 1 heterocycles. The fourth-order valence-corrected chi connectivity index (χ4v) is 2.61. The van der Waals surface area contributed by atoms with E-state index in [1.165, 1.54) is 52.1 Å². The Balaban J connectivity index is 2.23. The van der Waals surface area contributed by atoms with Gasteiger partial charge in [0, 0.05) is 13.1 Å². The van der Waals surface area contributed by atoms with Crippen LogP contribution in [0.5, 0.6) is 0 Å². The molecule has 1 rings (SSSR count). The third kappa shape index (κ3) is 7.02. The molecule has 0 amide bonds. The average Bonchev–Trinajstić information content (AvgIpc) is 2.21. The first-order chi connectivity index (χ1) is 8.08.